The quantitative estimate of drug-likeness (QED) is 0.450. The average molecular weight is 357 g/mol. The Morgan fingerprint density at radius 3 is 2.70 bits per heavy atom. The van der Waals surface area contributed by atoms with E-state index in [0.29, 0.717) is 0 Å². The van der Waals surface area contributed by atoms with Gasteiger partial charge in [0, 0.05) is 35.2 Å². The second-order valence-electron chi connectivity index (χ2n) is 6.83. The van der Waals surface area contributed by atoms with E-state index >= 15 is 0 Å². The largest absolute Gasteiger partial charge is 0.338 e. The molecule has 27 heavy (non-hydrogen) atoms. The number of rotatable bonds is 4. The van der Waals surface area contributed by atoms with Crippen molar-refractivity contribution in [3.8, 4) is 0 Å². The van der Waals surface area contributed by atoms with Crippen molar-refractivity contribution in [1.82, 2.24) is 15.5 Å². The van der Waals surface area contributed by atoms with E-state index in [4.69, 9.17) is 0 Å². The van der Waals surface area contributed by atoms with Crippen LogP contribution in [-0.2, 0) is 4.79 Å². The molecule has 1 aliphatic rings. The summed E-state index contributed by atoms with van der Waals surface area (Å²) in [5, 5.41) is 20.3. The molecule has 0 saturated carbocycles. The summed E-state index contributed by atoms with van der Waals surface area (Å²) in [4.78, 5) is 12.2. The van der Waals surface area contributed by atoms with E-state index < -0.39 is 0 Å². The van der Waals surface area contributed by atoms with Crippen LogP contribution in [0.15, 0.2) is 60.7 Å². The summed E-state index contributed by atoms with van der Waals surface area (Å²) in [5.41, 5.74) is 2.69. The second kappa shape index (κ2) is 6.41. The van der Waals surface area contributed by atoms with E-state index in [2.05, 4.69) is 44.3 Å². The number of hydrogen-bond acceptors (Lipinski definition) is 4. The van der Waals surface area contributed by atoms with Crippen LogP contribution in [0.5, 0.6) is 0 Å². The Morgan fingerprint density at radius 1 is 1.00 bits per heavy atom. The predicted octanol–water partition coefficient (Wildman–Crippen LogP) is 3.62. The smallest absolute Gasteiger partial charge is 0.230 e. The lowest BCUT2D eigenvalue weighted by Gasteiger charge is -2.25. The van der Waals surface area contributed by atoms with Crippen LogP contribution in [0.25, 0.3) is 21.7 Å². The second-order valence-corrected chi connectivity index (χ2v) is 6.83. The fraction of sp³-hybridized carbons (Fsp3) is 0.143. The summed E-state index contributed by atoms with van der Waals surface area (Å²) in [7, 11) is 0. The number of carbonyl (C=O) groups is 1. The first-order chi connectivity index (χ1) is 13.3. The molecule has 3 aromatic carbocycles. The molecule has 5 rings (SSSR count). The molecule has 0 radical (unpaired) electrons. The molecule has 1 fully saturated rings. The fourth-order valence-corrected chi connectivity index (χ4v) is 3.37. The topological polar surface area (TPSA) is 81.8 Å². The number of nitrogens with one attached hydrogen (secondary N) is 4. The third kappa shape index (κ3) is 2.90. The van der Waals surface area contributed by atoms with Crippen LogP contribution < -0.4 is 16.0 Å². The highest BCUT2D eigenvalue weighted by atomic mass is 16.2. The lowest BCUT2D eigenvalue weighted by Crippen LogP contribution is -2.48. The molecule has 6 nitrogen and oxygen atoms in total. The number of aromatic nitrogens is 2. The Bertz CT molecular complexity index is 1140. The van der Waals surface area contributed by atoms with Gasteiger partial charge in [-0.05, 0) is 29.7 Å². The Kier molecular flexibility index (Phi) is 3.76. The first-order valence-corrected chi connectivity index (χ1v) is 9.02. The van der Waals surface area contributed by atoms with E-state index in [-0.39, 0.29) is 11.8 Å². The van der Waals surface area contributed by atoms with Crippen LogP contribution in [0.2, 0.25) is 0 Å². The van der Waals surface area contributed by atoms with Crippen molar-refractivity contribution in [2.75, 3.05) is 23.7 Å². The number of hydrogen-bond donors (Lipinski definition) is 4. The minimum atomic E-state index is 0.0540. The van der Waals surface area contributed by atoms with Gasteiger partial charge in [0.25, 0.3) is 0 Å². The lowest BCUT2D eigenvalue weighted by atomic mass is 10.0. The first kappa shape index (κ1) is 15.8. The summed E-state index contributed by atoms with van der Waals surface area (Å²) in [6.45, 7) is 1.49. The number of benzene rings is 3. The van der Waals surface area contributed by atoms with E-state index in [1.54, 1.807) is 0 Å². The number of aromatic amines is 1. The summed E-state index contributed by atoms with van der Waals surface area (Å²) in [6, 6.07) is 20.2. The van der Waals surface area contributed by atoms with Gasteiger partial charge in [-0.3, -0.25) is 9.89 Å². The predicted molar refractivity (Wildman–Crippen MR) is 108 cm³/mol. The van der Waals surface area contributed by atoms with Crippen LogP contribution in [0.4, 0.5) is 17.2 Å². The SMILES string of the molecule is O=C(Nc1ccc2[nH]nc(Nc3cccc4ccccc34)c2c1)C1CNC1. The van der Waals surface area contributed by atoms with E-state index in [0.717, 1.165) is 46.6 Å². The first-order valence-electron chi connectivity index (χ1n) is 9.02. The van der Waals surface area contributed by atoms with Crippen molar-refractivity contribution in [2.45, 2.75) is 0 Å². The average Bonchev–Trinajstić information content (AvgIpc) is 3.03. The maximum absolute atomic E-state index is 12.2. The van der Waals surface area contributed by atoms with Gasteiger partial charge in [0.1, 0.15) is 0 Å². The minimum absolute atomic E-state index is 0.0540. The Labute approximate surface area is 156 Å². The number of anilines is 3. The van der Waals surface area contributed by atoms with Crippen LogP contribution in [0, 0.1) is 5.92 Å². The van der Waals surface area contributed by atoms with Gasteiger partial charge in [-0.2, -0.15) is 5.10 Å². The fourth-order valence-electron chi connectivity index (χ4n) is 3.37. The van der Waals surface area contributed by atoms with Gasteiger partial charge in [-0.15, -0.1) is 0 Å². The molecular formula is C21H19N5O. The number of amides is 1. The number of fused-ring (bicyclic) bond motifs is 2. The standard InChI is InChI=1S/C21H19N5O/c27-21(14-11-22-12-14)23-15-8-9-19-17(10-15)20(26-25-19)24-18-7-3-5-13-4-1-2-6-16(13)18/h1-10,14,22H,11-12H2,(H,23,27)(H2,24,25,26). The molecule has 1 amide bonds. The number of H-pyrrole nitrogens is 1. The maximum atomic E-state index is 12.2. The van der Waals surface area contributed by atoms with Crippen molar-refractivity contribution in [1.29, 1.82) is 0 Å². The van der Waals surface area contributed by atoms with Crippen LogP contribution in [0.3, 0.4) is 0 Å². The Balaban J connectivity index is 1.47. The molecule has 134 valence electrons. The molecule has 0 atom stereocenters. The highest BCUT2D eigenvalue weighted by molar-refractivity contribution is 6.01. The zero-order valence-electron chi connectivity index (χ0n) is 14.6. The summed E-state index contributed by atoms with van der Waals surface area (Å²) in [5.74, 6) is 0.848. The van der Waals surface area contributed by atoms with Gasteiger partial charge in [-0.1, -0.05) is 36.4 Å². The normalized spacial score (nSPS) is 14.2. The molecule has 1 saturated heterocycles. The molecule has 4 N–H and O–H groups in total. The molecule has 0 spiro atoms. The molecule has 1 aromatic heterocycles. The molecule has 0 bridgehead atoms. The van der Waals surface area contributed by atoms with Gasteiger partial charge < -0.3 is 16.0 Å². The molecule has 0 aliphatic carbocycles. The maximum Gasteiger partial charge on any atom is 0.230 e. The number of carbonyl (C=O) groups excluding carboxylic acids is 1. The molecule has 6 heteroatoms. The van der Waals surface area contributed by atoms with Crippen molar-refractivity contribution < 1.29 is 4.79 Å². The molecule has 1 aliphatic heterocycles. The molecular weight excluding hydrogens is 338 g/mol. The summed E-state index contributed by atoms with van der Waals surface area (Å²) >= 11 is 0. The van der Waals surface area contributed by atoms with Crippen molar-refractivity contribution >= 4 is 44.8 Å². The van der Waals surface area contributed by atoms with Gasteiger partial charge >= 0.3 is 0 Å². The highest BCUT2D eigenvalue weighted by Crippen LogP contribution is 2.30. The van der Waals surface area contributed by atoms with Crippen molar-refractivity contribution in [2.24, 2.45) is 5.92 Å². The van der Waals surface area contributed by atoms with E-state index in [1.807, 2.05) is 42.5 Å². The summed E-state index contributed by atoms with van der Waals surface area (Å²) in [6.07, 6.45) is 0. The van der Waals surface area contributed by atoms with Crippen LogP contribution >= 0.6 is 0 Å². The molecule has 2 heterocycles. The van der Waals surface area contributed by atoms with Crippen LogP contribution in [0.1, 0.15) is 0 Å². The van der Waals surface area contributed by atoms with E-state index in [9.17, 15) is 4.79 Å². The monoisotopic (exact) mass is 357 g/mol. The number of nitrogens with zero attached hydrogens (tertiary/aromatic N) is 1. The van der Waals surface area contributed by atoms with Crippen LogP contribution in [-0.4, -0.2) is 29.2 Å². The van der Waals surface area contributed by atoms with Crippen molar-refractivity contribution in [3.05, 3.63) is 60.7 Å². The van der Waals surface area contributed by atoms with Gasteiger partial charge in [0.05, 0.1) is 11.4 Å². The van der Waals surface area contributed by atoms with Gasteiger partial charge in [0.15, 0.2) is 5.82 Å². The van der Waals surface area contributed by atoms with Gasteiger partial charge in [0.2, 0.25) is 5.91 Å². The minimum Gasteiger partial charge on any atom is -0.338 e. The third-order valence-electron chi connectivity index (χ3n) is 5.03. The third-order valence-corrected chi connectivity index (χ3v) is 5.03. The summed E-state index contributed by atoms with van der Waals surface area (Å²) < 4.78 is 0. The highest BCUT2D eigenvalue weighted by Gasteiger charge is 2.24. The van der Waals surface area contributed by atoms with Gasteiger partial charge in [-0.25, -0.2) is 0 Å². The Morgan fingerprint density at radius 2 is 1.85 bits per heavy atom. The lowest BCUT2D eigenvalue weighted by molar-refractivity contribution is -0.121. The van der Waals surface area contributed by atoms with Crippen molar-refractivity contribution in [3.63, 3.8) is 0 Å². The zero-order chi connectivity index (χ0) is 18.2. The zero-order valence-corrected chi connectivity index (χ0v) is 14.6. The van der Waals surface area contributed by atoms with E-state index in [1.165, 1.54) is 5.39 Å². The molecule has 0 unspecified atom stereocenters. The Hall–Kier alpha value is -3.38. The molecule has 4 aromatic rings.